The highest BCUT2D eigenvalue weighted by molar-refractivity contribution is 5.96. The van der Waals surface area contributed by atoms with Gasteiger partial charge in [-0.15, -0.1) is 0 Å². The van der Waals surface area contributed by atoms with Crippen molar-refractivity contribution >= 4 is 11.9 Å². The number of esters is 1. The van der Waals surface area contributed by atoms with Gasteiger partial charge in [-0.05, 0) is 31.0 Å². The number of benzene rings is 2. The van der Waals surface area contributed by atoms with Gasteiger partial charge >= 0.3 is 11.9 Å². The normalized spacial score (nSPS) is 10.2. The lowest BCUT2D eigenvalue weighted by Crippen LogP contribution is -2.36. The molecule has 2 aromatic rings. The SMILES string of the molecule is CCOC(=O)COc1cc(F)c(C)cc1C(=O)N(Cc1ccccc1)[N+](=O)[O-]. The van der Waals surface area contributed by atoms with Gasteiger partial charge in [0.05, 0.1) is 12.2 Å². The highest BCUT2D eigenvalue weighted by atomic mass is 19.1. The van der Waals surface area contributed by atoms with Crippen molar-refractivity contribution in [3.8, 4) is 5.75 Å². The summed E-state index contributed by atoms with van der Waals surface area (Å²) in [6.45, 7) is 2.29. The first kappa shape index (κ1) is 20.8. The number of hydrazine groups is 1. The van der Waals surface area contributed by atoms with E-state index < -0.39 is 29.3 Å². The summed E-state index contributed by atoms with van der Waals surface area (Å²) in [5, 5.41) is 11.0. The Bertz CT molecular complexity index is 872. The summed E-state index contributed by atoms with van der Waals surface area (Å²) in [5.74, 6) is -2.65. The summed E-state index contributed by atoms with van der Waals surface area (Å²) in [4.78, 5) is 35.8. The Balaban J connectivity index is 2.33. The van der Waals surface area contributed by atoms with Crippen molar-refractivity contribution in [2.24, 2.45) is 0 Å². The smallest absolute Gasteiger partial charge is 0.344 e. The molecule has 9 heteroatoms. The molecule has 28 heavy (non-hydrogen) atoms. The van der Waals surface area contributed by atoms with Gasteiger partial charge in [0.25, 0.3) is 0 Å². The van der Waals surface area contributed by atoms with Gasteiger partial charge in [0.1, 0.15) is 18.1 Å². The number of nitro groups is 1. The van der Waals surface area contributed by atoms with Crippen LogP contribution in [0, 0.1) is 22.9 Å². The number of hydrogen-bond acceptors (Lipinski definition) is 6. The monoisotopic (exact) mass is 390 g/mol. The zero-order valence-corrected chi connectivity index (χ0v) is 15.4. The van der Waals surface area contributed by atoms with Crippen LogP contribution >= 0.6 is 0 Å². The fourth-order valence-corrected chi connectivity index (χ4v) is 2.39. The van der Waals surface area contributed by atoms with Gasteiger partial charge in [-0.25, -0.2) is 19.3 Å². The first-order valence-electron chi connectivity index (χ1n) is 8.42. The molecule has 1 amide bonds. The molecule has 2 rings (SSSR count). The van der Waals surface area contributed by atoms with Crippen LogP contribution in [0.5, 0.6) is 5.75 Å². The molecule has 0 bridgehead atoms. The van der Waals surface area contributed by atoms with E-state index in [1.165, 1.54) is 6.92 Å². The van der Waals surface area contributed by atoms with Gasteiger partial charge in [-0.2, -0.15) is 0 Å². The second kappa shape index (κ2) is 9.45. The molecule has 0 aliphatic rings. The molecule has 148 valence electrons. The molecule has 0 saturated carbocycles. The summed E-state index contributed by atoms with van der Waals surface area (Å²) < 4.78 is 23.9. The minimum Gasteiger partial charge on any atom is -0.481 e. The molecule has 0 aliphatic carbocycles. The van der Waals surface area contributed by atoms with Crippen molar-refractivity contribution in [3.05, 3.63) is 75.1 Å². The van der Waals surface area contributed by atoms with Crippen molar-refractivity contribution in [1.82, 2.24) is 5.01 Å². The average Bonchev–Trinajstić information content (AvgIpc) is 2.67. The van der Waals surface area contributed by atoms with Gasteiger partial charge in [-0.1, -0.05) is 35.3 Å². The van der Waals surface area contributed by atoms with Gasteiger partial charge in [0.15, 0.2) is 11.6 Å². The van der Waals surface area contributed by atoms with Crippen molar-refractivity contribution in [2.75, 3.05) is 13.2 Å². The van der Waals surface area contributed by atoms with E-state index in [1.807, 2.05) is 0 Å². The predicted octanol–water partition coefficient (Wildman–Crippen LogP) is 2.91. The fraction of sp³-hybridized carbons (Fsp3) is 0.263. The third-order valence-electron chi connectivity index (χ3n) is 3.75. The van der Waals surface area contributed by atoms with E-state index in [2.05, 4.69) is 0 Å². The molecule has 8 nitrogen and oxygen atoms in total. The van der Waals surface area contributed by atoms with Crippen molar-refractivity contribution in [3.63, 3.8) is 0 Å². The number of carbonyl (C=O) groups is 2. The maximum absolute atomic E-state index is 13.9. The second-order valence-corrected chi connectivity index (χ2v) is 5.78. The first-order chi connectivity index (χ1) is 13.3. The number of ether oxygens (including phenoxy) is 2. The maximum atomic E-state index is 13.9. The molecule has 0 aromatic heterocycles. The summed E-state index contributed by atoms with van der Waals surface area (Å²) >= 11 is 0. The predicted molar refractivity (Wildman–Crippen MR) is 96.6 cm³/mol. The molecule has 0 spiro atoms. The topological polar surface area (TPSA) is 99.0 Å². The average molecular weight is 390 g/mol. The number of hydrogen-bond donors (Lipinski definition) is 0. The molecule has 0 radical (unpaired) electrons. The Kier molecular flexibility index (Phi) is 7.02. The minimum atomic E-state index is -0.990. The highest BCUT2D eigenvalue weighted by Gasteiger charge is 2.29. The van der Waals surface area contributed by atoms with Crippen molar-refractivity contribution < 1.29 is 28.5 Å². The summed E-state index contributed by atoms with van der Waals surface area (Å²) in [6, 6.07) is 10.5. The molecule has 0 heterocycles. The first-order valence-corrected chi connectivity index (χ1v) is 8.42. The van der Waals surface area contributed by atoms with Crippen LogP contribution in [0.15, 0.2) is 42.5 Å². The molecule has 2 aromatic carbocycles. The molecular formula is C19H19FN2O6. The van der Waals surface area contributed by atoms with Crippen LogP contribution in [-0.2, 0) is 16.1 Å². The van der Waals surface area contributed by atoms with Crippen molar-refractivity contribution in [1.29, 1.82) is 0 Å². The Morgan fingerprint density at radius 1 is 1.21 bits per heavy atom. The van der Waals surface area contributed by atoms with Crippen LogP contribution < -0.4 is 4.74 Å². The van der Waals surface area contributed by atoms with E-state index in [9.17, 15) is 24.1 Å². The van der Waals surface area contributed by atoms with E-state index in [0.717, 1.165) is 12.1 Å². The number of amides is 1. The second-order valence-electron chi connectivity index (χ2n) is 5.78. The Morgan fingerprint density at radius 3 is 2.50 bits per heavy atom. The van der Waals surface area contributed by atoms with Gasteiger partial charge in [0, 0.05) is 6.07 Å². The molecule has 0 N–H and O–H groups in total. The zero-order valence-electron chi connectivity index (χ0n) is 15.4. The lowest BCUT2D eigenvalue weighted by atomic mass is 10.1. The number of rotatable bonds is 8. The van der Waals surface area contributed by atoms with Crippen LogP contribution in [0.3, 0.4) is 0 Å². The van der Waals surface area contributed by atoms with Gasteiger partial charge in [0.2, 0.25) is 0 Å². The number of halogens is 1. The van der Waals surface area contributed by atoms with Gasteiger partial charge in [-0.3, -0.25) is 4.79 Å². The molecule has 0 unspecified atom stereocenters. The molecular weight excluding hydrogens is 371 g/mol. The van der Waals surface area contributed by atoms with E-state index in [0.29, 0.717) is 10.6 Å². The third kappa shape index (κ3) is 5.26. The number of nitrogens with zero attached hydrogens (tertiary/aromatic N) is 2. The lowest BCUT2D eigenvalue weighted by molar-refractivity contribution is -0.635. The lowest BCUT2D eigenvalue weighted by Gasteiger charge is -2.16. The zero-order chi connectivity index (χ0) is 20.7. The summed E-state index contributed by atoms with van der Waals surface area (Å²) in [6.07, 6.45) is 0. The Morgan fingerprint density at radius 2 is 1.89 bits per heavy atom. The summed E-state index contributed by atoms with van der Waals surface area (Å²) in [5.41, 5.74) is 0.422. The van der Waals surface area contributed by atoms with Crippen LogP contribution in [0.2, 0.25) is 0 Å². The Labute approximate surface area is 160 Å². The largest absolute Gasteiger partial charge is 0.481 e. The maximum Gasteiger partial charge on any atom is 0.344 e. The third-order valence-corrected chi connectivity index (χ3v) is 3.75. The van der Waals surface area contributed by atoms with E-state index in [1.54, 1.807) is 37.3 Å². The van der Waals surface area contributed by atoms with Crippen LogP contribution in [0.25, 0.3) is 0 Å². The van der Waals surface area contributed by atoms with E-state index >= 15 is 0 Å². The molecule has 0 saturated heterocycles. The van der Waals surface area contributed by atoms with Crippen LogP contribution in [0.1, 0.15) is 28.4 Å². The fourth-order valence-electron chi connectivity index (χ4n) is 2.39. The van der Waals surface area contributed by atoms with Crippen LogP contribution in [-0.4, -0.2) is 35.1 Å². The summed E-state index contributed by atoms with van der Waals surface area (Å²) in [7, 11) is 0. The van der Waals surface area contributed by atoms with Crippen molar-refractivity contribution in [2.45, 2.75) is 20.4 Å². The van der Waals surface area contributed by atoms with E-state index in [-0.39, 0.29) is 30.0 Å². The highest BCUT2D eigenvalue weighted by Crippen LogP contribution is 2.25. The number of carbonyl (C=O) groups excluding carboxylic acids is 2. The molecule has 0 atom stereocenters. The van der Waals surface area contributed by atoms with E-state index in [4.69, 9.17) is 9.47 Å². The number of aryl methyl sites for hydroxylation is 1. The van der Waals surface area contributed by atoms with Crippen LogP contribution in [0.4, 0.5) is 4.39 Å². The van der Waals surface area contributed by atoms with Gasteiger partial charge < -0.3 is 9.47 Å². The minimum absolute atomic E-state index is 0.106. The Hall–Kier alpha value is -3.49. The molecule has 0 fully saturated rings. The quantitative estimate of drug-likeness (QED) is 0.390. The molecule has 0 aliphatic heterocycles. The standard InChI is InChI=1S/C19H19FN2O6/c1-3-27-18(23)12-28-17-10-16(20)13(2)9-15(17)19(24)21(22(25)26)11-14-7-5-4-6-8-14/h4-10H,3,11-12H2,1-2H3.